The number of hydrogen-bond donors (Lipinski definition) is 1. The van der Waals surface area contributed by atoms with E-state index in [0.29, 0.717) is 34.1 Å². The lowest BCUT2D eigenvalue weighted by Gasteiger charge is -2.43. The van der Waals surface area contributed by atoms with Crippen LogP contribution in [0.4, 0.5) is 19.0 Å². The maximum Gasteiger partial charge on any atom is 0.261 e. The maximum atomic E-state index is 17.1. The fourth-order valence-corrected chi connectivity index (χ4v) is 13.0. The second-order valence-corrected chi connectivity index (χ2v) is 20.4. The van der Waals surface area contributed by atoms with Crippen LogP contribution in [0.3, 0.4) is 0 Å². The molecular formula is C40H47F3N6O4SSi. The third kappa shape index (κ3) is 7.66. The van der Waals surface area contributed by atoms with Crippen LogP contribution in [0.2, 0.25) is 5.04 Å². The van der Waals surface area contributed by atoms with Crippen LogP contribution in [0, 0.1) is 11.6 Å². The summed E-state index contributed by atoms with van der Waals surface area (Å²) in [5.74, 6) is -0.634. The van der Waals surface area contributed by atoms with Crippen molar-refractivity contribution in [1.29, 1.82) is 0 Å². The Bertz CT molecular complexity index is 2030. The Balaban J connectivity index is 1.27. The number of fused-ring (bicyclic) bond motifs is 1. The smallest absolute Gasteiger partial charge is 0.261 e. The Morgan fingerprint density at radius 2 is 1.64 bits per heavy atom. The average molecular weight is 793 g/mol. The van der Waals surface area contributed by atoms with Gasteiger partial charge in [-0.3, -0.25) is 0 Å². The Hall–Kier alpha value is -3.86. The molecule has 1 aliphatic carbocycles. The van der Waals surface area contributed by atoms with Crippen molar-refractivity contribution in [2.24, 2.45) is 0 Å². The number of alkyl halides is 1. The number of methoxy groups -OCH3 is 2. The molecule has 6 atom stereocenters. The van der Waals surface area contributed by atoms with Gasteiger partial charge in [-0.25, -0.2) is 27.8 Å². The van der Waals surface area contributed by atoms with Gasteiger partial charge in [0.25, 0.3) is 8.32 Å². The van der Waals surface area contributed by atoms with E-state index in [1.165, 1.54) is 36.7 Å². The van der Waals surface area contributed by atoms with Crippen molar-refractivity contribution >= 4 is 47.4 Å². The highest BCUT2D eigenvalue weighted by Gasteiger charge is 2.55. The number of hydrogen-bond acceptors (Lipinski definition) is 10. The first-order chi connectivity index (χ1) is 26.5. The summed E-state index contributed by atoms with van der Waals surface area (Å²) in [4.78, 5) is 9.66. The van der Waals surface area contributed by atoms with Gasteiger partial charge < -0.3 is 24.0 Å². The zero-order valence-electron chi connectivity index (χ0n) is 31.8. The van der Waals surface area contributed by atoms with E-state index < -0.39 is 50.7 Å². The molecule has 5 aromatic rings. The van der Waals surface area contributed by atoms with Crippen molar-refractivity contribution in [1.82, 2.24) is 25.0 Å². The molecule has 2 aliphatic rings. The highest BCUT2D eigenvalue weighted by Crippen LogP contribution is 2.45. The zero-order chi connectivity index (χ0) is 38.9. The number of nitrogens with one attached hydrogen (secondary N) is 1. The summed E-state index contributed by atoms with van der Waals surface area (Å²) >= 11 is 1.47. The third-order valence-electron chi connectivity index (χ3n) is 10.5. The fraction of sp³-hybridized carbons (Fsp3) is 0.450. The van der Waals surface area contributed by atoms with Gasteiger partial charge in [-0.2, -0.15) is 0 Å². The first-order valence-electron chi connectivity index (χ1n) is 18.6. The number of ether oxygens (including phenoxy) is 3. The molecule has 7 rings (SSSR count). The van der Waals surface area contributed by atoms with E-state index in [-0.39, 0.29) is 23.6 Å². The van der Waals surface area contributed by atoms with Crippen molar-refractivity contribution in [3.8, 4) is 0 Å². The largest absolute Gasteiger partial charge is 0.405 e. The van der Waals surface area contributed by atoms with E-state index in [2.05, 4.69) is 67.6 Å². The van der Waals surface area contributed by atoms with Crippen LogP contribution in [-0.4, -0.2) is 90.6 Å². The predicted octanol–water partition coefficient (Wildman–Crippen LogP) is 6.81. The molecule has 0 unspecified atom stereocenters. The van der Waals surface area contributed by atoms with E-state index in [1.54, 1.807) is 6.07 Å². The Kier molecular flexibility index (Phi) is 11.7. The number of aromatic nitrogens is 5. The van der Waals surface area contributed by atoms with Crippen LogP contribution in [0.15, 0.2) is 84.0 Å². The summed E-state index contributed by atoms with van der Waals surface area (Å²) in [6.45, 7) is 8.64. The van der Waals surface area contributed by atoms with E-state index >= 15 is 4.39 Å². The standard InChI is InChI=1S/C40H47F3N6O4SSi/c1-7-20-54-39-45-36(44-30-22-27(30)24-18-19-28(41)29(42)21-24)33-37(46-39)49(48-47-33)34-31(53-35(32(34)43)38(50-5)51-6)23-52-55(40(2,3)4,25-14-10-8-11-15-25)26-16-12-9-13-17-26/h8-19,21,27,30-32,34-35,38H,7,20,22-23H2,1-6H3,(H,44,45,46)/t27-,30+,31-,32+,34-,35+/m0/s1. The quantitative estimate of drug-likeness (QED) is 0.0527. The topological polar surface area (TPSA) is 105 Å². The first-order valence-corrected chi connectivity index (χ1v) is 21.5. The van der Waals surface area contributed by atoms with Gasteiger partial charge >= 0.3 is 0 Å². The van der Waals surface area contributed by atoms with Gasteiger partial charge in [0.15, 0.2) is 46.2 Å². The Labute approximate surface area is 324 Å². The maximum absolute atomic E-state index is 17.1. The van der Waals surface area contributed by atoms with Crippen LogP contribution in [0.25, 0.3) is 11.2 Å². The summed E-state index contributed by atoms with van der Waals surface area (Å²) in [6.07, 6.45) is -3.04. The van der Waals surface area contributed by atoms with Crippen LogP contribution < -0.4 is 15.7 Å². The molecule has 3 heterocycles. The normalized spacial score (nSPS) is 22.8. The highest BCUT2D eigenvalue weighted by atomic mass is 32.2. The minimum absolute atomic E-state index is 0.0297. The summed E-state index contributed by atoms with van der Waals surface area (Å²) in [7, 11) is -0.155. The number of thioether (sulfide) groups is 1. The first kappa shape index (κ1) is 39.4. The molecule has 10 nitrogen and oxygen atoms in total. The lowest BCUT2D eigenvalue weighted by Crippen LogP contribution is -2.67. The molecule has 2 aromatic heterocycles. The van der Waals surface area contributed by atoms with Crippen LogP contribution in [-0.2, 0) is 18.6 Å². The predicted molar refractivity (Wildman–Crippen MR) is 209 cm³/mol. The molecule has 0 radical (unpaired) electrons. The Morgan fingerprint density at radius 3 is 2.24 bits per heavy atom. The minimum Gasteiger partial charge on any atom is -0.405 e. The van der Waals surface area contributed by atoms with E-state index in [4.69, 9.17) is 28.6 Å². The van der Waals surface area contributed by atoms with Gasteiger partial charge in [0.2, 0.25) is 0 Å². The lowest BCUT2D eigenvalue weighted by atomic mass is 10.1. The molecule has 1 saturated carbocycles. The van der Waals surface area contributed by atoms with Gasteiger partial charge in [-0.15, -0.1) is 5.10 Å². The minimum atomic E-state index is -3.05. The fourth-order valence-electron chi connectivity index (χ4n) is 7.75. The van der Waals surface area contributed by atoms with E-state index in [0.717, 1.165) is 28.6 Å². The molecule has 0 spiro atoms. The molecule has 55 heavy (non-hydrogen) atoms. The van der Waals surface area contributed by atoms with Gasteiger partial charge in [0, 0.05) is 31.9 Å². The number of rotatable bonds is 15. The van der Waals surface area contributed by atoms with Gasteiger partial charge in [0.05, 0.1) is 6.61 Å². The van der Waals surface area contributed by atoms with Crippen molar-refractivity contribution in [3.05, 3.63) is 96.1 Å². The second kappa shape index (κ2) is 16.3. The monoisotopic (exact) mass is 792 g/mol. The molecule has 2 fully saturated rings. The molecule has 1 aliphatic heterocycles. The summed E-state index contributed by atoms with van der Waals surface area (Å²) in [5.41, 5.74) is 1.38. The highest BCUT2D eigenvalue weighted by molar-refractivity contribution is 7.99. The number of benzene rings is 3. The average Bonchev–Trinajstić information content (AvgIpc) is 3.71. The van der Waals surface area contributed by atoms with Crippen LogP contribution in [0.5, 0.6) is 0 Å². The molecule has 292 valence electrons. The third-order valence-corrected chi connectivity index (χ3v) is 16.5. The lowest BCUT2D eigenvalue weighted by molar-refractivity contribution is -0.187. The van der Waals surface area contributed by atoms with Gasteiger partial charge in [-0.05, 0) is 45.9 Å². The zero-order valence-corrected chi connectivity index (χ0v) is 33.6. The molecule has 15 heteroatoms. The van der Waals surface area contributed by atoms with E-state index in [1.807, 2.05) is 36.4 Å². The molecular weight excluding hydrogens is 746 g/mol. The van der Waals surface area contributed by atoms with Crippen molar-refractivity contribution in [2.75, 3.05) is 31.9 Å². The Morgan fingerprint density at radius 1 is 0.964 bits per heavy atom. The molecule has 3 aromatic carbocycles. The van der Waals surface area contributed by atoms with Crippen LogP contribution >= 0.6 is 11.8 Å². The van der Waals surface area contributed by atoms with Gasteiger partial charge in [0.1, 0.15) is 18.2 Å². The molecule has 0 bridgehead atoms. The molecule has 1 N–H and O–H groups in total. The molecule has 1 saturated heterocycles. The van der Waals surface area contributed by atoms with E-state index in [9.17, 15) is 8.78 Å². The van der Waals surface area contributed by atoms with Crippen LogP contribution in [0.1, 0.15) is 58.1 Å². The molecule has 0 amide bonds. The summed E-state index contributed by atoms with van der Waals surface area (Å²) < 4.78 is 71.2. The SMILES string of the molecule is CCCSc1nc(N[C@@H]2C[C@H]2c2ccc(F)c(F)c2)c2nnn([C@@H]3[C@@H](F)[C@H](C(OC)OC)O[C@H]3CO[Si](c3ccccc3)(c3ccccc3)C(C)(C)C)c2n1. The summed E-state index contributed by atoms with van der Waals surface area (Å²) in [6, 6.07) is 23.3. The number of halogens is 3. The summed E-state index contributed by atoms with van der Waals surface area (Å²) in [5, 5.41) is 14.8. The van der Waals surface area contributed by atoms with Crippen molar-refractivity contribution < 1.29 is 31.8 Å². The van der Waals surface area contributed by atoms with Gasteiger partial charge in [-0.1, -0.05) is 111 Å². The van der Waals surface area contributed by atoms with Crippen molar-refractivity contribution in [3.63, 3.8) is 0 Å². The van der Waals surface area contributed by atoms with Crippen molar-refractivity contribution in [2.45, 2.75) is 93.4 Å². The second-order valence-electron chi connectivity index (χ2n) is 15.1. The number of nitrogens with zero attached hydrogens (tertiary/aromatic N) is 5. The number of anilines is 1.